The van der Waals surface area contributed by atoms with Gasteiger partial charge in [0.2, 0.25) is 0 Å². The van der Waals surface area contributed by atoms with Gasteiger partial charge in [-0.15, -0.1) is 0 Å². The van der Waals surface area contributed by atoms with Gasteiger partial charge in [0.15, 0.2) is 0 Å². The highest BCUT2D eigenvalue weighted by Gasteiger charge is 2.23. The van der Waals surface area contributed by atoms with Crippen molar-refractivity contribution in [3.8, 4) is 0 Å². The summed E-state index contributed by atoms with van der Waals surface area (Å²) in [5.74, 6) is 0. The highest BCUT2D eigenvalue weighted by Crippen LogP contribution is 2.12. The van der Waals surface area contributed by atoms with E-state index >= 15 is 0 Å². The number of nitrogens with one attached hydrogen (secondary N) is 1. The van der Waals surface area contributed by atoms with Gasteiger partial charge in [-0.25, -0.2) is 0 Å². The second-order valence-electron chi connectivity index (χ2n) is 5.42. The lowest BCUT2D eigenvalue weighted by Crippen LogP contribution is -2.54. The van der Waals surface area contributed by atoms with E-state index in [1.54, 1.807) is 0 Å². The highest BCUT2D eigenvalue weighted by molar-refractivity contribution is 5.42. The van der Waals surface area contributed by atoms with Crippen molar-refractivity contribution in [2.24, 2.45) is 0 Å². The number of likely N-dealkylation sites (N-methyl/N-ethyl adjacent to an activating group) is 1. The van der Waals surface area contributed by atoms with Crippen LogP contribution in [0.5, 0.6) is 0 Å². The minimum atomic E-state index is 0.585. The van der Waals surface area contributed by atoms with Crippen LogP contribution in [0.25, 0.3) is 0 Å². The molecule has 0 spiro atoms. The maximum Gasteiger partial charge on any atom is 0.0340 e. The van der Waals surface area contributed by atoms with E-state index in [2.05, 4.69) is 66.3 Å². The SMILES string of the molecule is CC1CN(C(C)CNc2ccccc2)CCN1C. The summed E-state index contributed by atoms with van der Waals surface area (Å²) in [4.78, 5) is 5.02. The quantitative estimate of drug-likeness (QED) is 0.879. The van der Waals surface area contributed by atoms with Crippen molar-refractivity contribution in [3.05, 3.63) is 30.3 Å². The van der Waals surface area contributed by atoms with Crippen LogP contribution in [0.3, 0.4) is 0 Å². The number of piperazine rings is 1. The summed E-state index contributed by atoms with van der Waals surface area (Å²) in [6, 6.07) is 11.7. The average molecular weight is 247 g/mol. The number of anilines is 1. The molecule has 2 atom stereocenters. The lowest BCUT2D eigenvalue weighted by molar-refractivity contribution is 0.0814. The molecule has 2 unspecified atom stereocenters. The first-order valence-electron chi connectivity index (χ1n) is 6.90. The van der Waals surface area contributed by atoms with Crippen LogP contribution < -0.4 is 5.32 Å². The second kappa shape index (κ2) is 6.21. The molecule has 1 heterocycles. The molecule has 1 aromatic rings. The first kappa shape index (κ1) is 13.4. The molecule has 100 valence electrons. The van der Waals surface area contributed by atoms with E-state index in [1.165, 1.54) is 25.3 Å². The van der Waals surface area contributed by atoms with E-state index < -0.39 is 0 Å². The van der Waals surface area contributed by atoms with E-state index in [4.69, 9.17) is 0 Å². The third-order valence-corrected chi connectivity index (χ3v) is 3.99. The molecule has 1 saturated heterocycles. The standard InChI is InChI=1S/C15H25N3/c1-13(11-16-15-7-5-4-6-8-15)18-10-9-17(3)14(2)12-18/h4-8,13-14,16H,9-12H2,1-3H3. The summed E-state index contributed by atoms with van der Waals surface area (Å²) in [5.41, 5.74) is 1.21. The van der Waals surface area contributed by atoms with Crippen LogP contribution >= 0.6 is 0 Å². The third kappa shape index (κ3) is 3.47. The molecule has 0 bridgehead atoms. The first-order chi connectivity index (χ1) is 8.66. The lowest BCUT2D eigenvalue weighted by Gasteiger charge is -2.40. The van der Waals surface area contributed by atoms with Crippen LogP contribution in [0.4, 0.5) is 5.69 Å². The molecular formula is C15H25N3. The van der Waals surface area contributed by atoms with E-state index in [1.807, 2.05) is 0 Å². The summed E-state index contributed by atoms with van der Waals surface area (Å²) in [7, 11) is 2.22. The van der Waals surface area contributed by atoms with Gasteiger partial charge in [-0.2, -0.15) is 0 Å². The Kier molecular flexibility index (Phi) is 4.61. The van der Waals surface area contributed by atoms with Crippen molar-refractivity contribution < 1.29 is 0 Å². The zero-order chi connectivity index (χ0) is 13.0. The van der Waals surface area contributed by atoms with Crippen molar-refractivity contribution in [2.45, 2.75) is 25.9 Å². The molecule has 0 aromatic heterocycles. The van der Waals surface area contributed by atoms with Gasteiger partial charge in [0.05, 0.1) is 0 Å². The second-order valence-corrected chi connectivity index (χ2v) is 5.42. The fraction of sp³-hybridized carbons (Fsp3) is 0.600. The molecule has 1 aromatic carbocycles. The fourth-order valence-electron chi connectivity index (χ4n) is 2.43. The van der Waals surface area contributed by atoms with Crippen molar-refractivity contribution in [1.29, 1.82) is 0 Å². The van der Waals surface area contributed by atoms with Gasteiger partial charge < -0.3 is 10.2 Å². The van der Waals surface area contributed by atoms with Gasteiger partial charge in [-0.3, -0.25) is 4.90 Å². The van der Waals surface area contributed by atoms with Crippen LogP contribution in [0, 0.1) is 0 Å². The van der Waals surface area contributed by atoms with Crippen LogP contribution in [0.1, 0.15) is 13.8 Å². The summed E-state index contributed by atoms with van der Waals surface area (Å²) in [5, 5.41) is 3.51. The van der Waals surface area contributed by atoms with E-state index in [-0.39, 0.29) is 0 Å². The highest BCUT2D eigenvalue weighted by atomic mass is 15.3. The van der Waals surface area contributed by atoms with Gasteiger partial charge in [-0.1, -0.05) is 18.2 Å². The first-order valence-corrected chi connectivity index (χ1v) is 6.90. The number of rotatable bonds is 4. The fourth-order valence-corrected chi connectivity index (χ4v) is 2.43. The Balaban J connectivity index is 1.80. The molecular weight excluding hydrogens is 222 g/mol. The number of nitrogens with zero attached hydrogens (tertiary/aromatic N) is 2. The Morgan fingerprint density at radius 1 is 1.28 bits per heavy atom. The third-order valence-electron chi connectivity index (χ3n) is 3.99. The van der Waals surface area contributed by atoms with Crippen molar-refractivity contribution in [2.75, 3.05) is 38.5 Å². The Morgan fingerprint density at radius 2 is 2.00 bits per heavy atom. The molecule has 1 aliphatic heterocycles. The van der Waals surface area contributed by atoms with Crippen molar-refractivity contribution in [3.63, 3.8) is 0 Å². The van der Waals surface area contributed by atoms with Crippen LogP contribution in [0.15, 0.2) is 30.3 Å². The Bertz CT molecular complexity index is 352. The Morgan fingerprint density at radius 3 is 2.67 bits per heavy atom. The topological polar surface area (TPSA) is 18.5 Å². The largest absolute Gasteiger partial charge is 0.383 e. The molecule has 0 amide bonds. The summed E-state index contributed by atoms with van der Waals surface area (Å²) in [6.07, 6.45) is 0. The van der Waals surface area contributed by atoms with Gasteiger partial charge in [0.25, 0.3) is 0 Å². The smallest absolute Gasteiger partial charge is 0.0340 e. The lowest BCUT2D eigenvalue weighted by atomic mass is 10.1. The molecule has 1 fully saturated rings. The maximum absolute atomic E-state index is 3.51. The van der Waals surface area contributed by atoms with Gasteiger partial charge in [-0.05, 0) is 33.0 Å². The number of para-hydroxylation sites is 1. The molecule has 3 heteroatoms. The molecule has 3 nitrogen and oxygen atoms in total. The molecule has 2 rings (SSSR count). The molecule has 0 aliphatic carbocycles. The normalized spacial score (nSPS) is 23.8. The predicted molar refractivity (Wildman–Crippen MR) is 78.1 cm³/mol. The predicted octanol–water partition coefficient (Wildman–Crippen LogP) is 2.12. The monoisotopic (exact) mass is 247 g/mol. The number of hydrogen-bond acceptors (Lipinski definition) is 3. The van der Waals surface area contributed by atoms with E-state index in [0.29, 0.717) is 12.1 Å². The van der Waals surface area contributed by atoms with Gasteiger partial charge >= 0.3 is 0 Å². The molecule has 1 aliphatic rings. The Hall–Kier alpha value is -1.06. The summed E-state index contributed by atoms with van der Waals surface area (Å²) >= 11 is 0. The van der Waals surface area contributed by atoms with E-state index in [0.717, 1.165) is 6.54 Å². The van der Waals surface area contributed by atoms with Gasteiger partial charge in [0.1, 0.15) is 0 Å². The summed E-state index contributed by atoms with van der Waals surface area (Å²) in [6.45, 7) is 9.17. The molecule has 1 N–H and O–H groups in total. The van der Waals surface area contributed by atoms with Crippen LogP contribution in [0.2, 0.25) is 0 Å². The van der Waals surface area contributed by atoms with Crippen molar-refractivity contribution in [1.82, 2.24) is 9.80 Å². The molecule has 0 saturated carbocycles. The van der Waals surface area contributed by atoms with E-state index in [9.17, 15) is 0 Å². The number of hydrogen-bond donors (Lipinski definition) is 1. The van der Waals surface area contributed by atoms with Gasteiger partial charge in [0, 0.05) is 44.0 Å². The Labute approximate surface area is 111 Å². The number of benzene rings is 1. The summed E-state index contributed by atoms with van der Waals surface area (Å²) < 4.78 is 0. The van der Waals surface area contributed by atoms with Crippen molar-refractivity contribution >= 4 is 5.69 Å². The molecule has 18 heavy (non-hydrogen) atoms. The minimum Gasteiger partial charge on any atom is -0.383 e. The zero-order valence-electron chi connectivity index (χ0n) is 11.8. The zero-order valence-corrected chi connectivity index (χ0v) is 11.8. The maximum atomic E-state index is 3.51. The van der Waals surface area contributed by atoms with Crippen LogP contribution in [-0.4, -0.2) is 55.1 Å². The molecule has 0 radical (unpaired) electrons. The van der Waals surface area contributed by atoms with Crippen LogP contribution in [-0.2, 0) is 0 Å². The average Bonchev–Trinajstić information content (AvgIpc) is 2.40. The minimum absolute atomic E-state index is 0.585.